The second kappa shape index (κ2) is 14.9. The average Bonchev–Trinajstić information content (AvgIpc) is 2.93. The molecule has 0 amide bonds. The van der Waals surface area contributed by atoms with Crippen molar-refractivity contribution in [2.75, 3.05) is 47.6 Å². The van der Waals surface area contributed by atoms with Crippen molar-refractivity contribution < 1.29 is 38.1 Å². The second-order valence-electron chi connectivity index (χ2n) is 8.77. The highest BCUT2D eigenvalue weighted by atomic mass is 16.6. The van der Waals surface area contributed by atoms with E-state index in [0.717, 1.165) is 18.3 Å². The van der Waals surface area contributed by atoms with Crippen LogP contribution in [0.4, 0.5) is 0 Å². The van der Waals surface area contributed by atoms with Crippen molar-refractivity contribution in [3.63, 3.8) is 0 Å². The lowest BCUT2D eigenvalue weighted by atomic mass is 9.76. The highest BCUT2D eigenvalue weighted by molar-refractivity contribution is 6.06. The molecule has 0 saturated heterocycles. The first-order valence-corrected chi connectivity index (χ1v) is 12.6. The van der Waals surface area contributed by atoms with Crippen LogP contribution in [0.1, 0.15) is 58.5 Å². The van der Waals surface area contributed by atoms with Crippen LogP contribution in [0.2, 0.25) is 0 Å². The molecule has 9 heteroatoms. The first kappa shape index (κ1) is 30.5. The summed E-state index contributed by atoms with van der Waals surface area (Å²) in [5.74, 6) is -0.623. The molecule has 0 unspecified atom stereocenters. The van der Waals surface area contributed by atoms with Crippen LogP contribution in [0.3, 0.4) is 0 Å². The molecule has 0 bridgehead atoms. The van der Waals surface area contributed by atoms with Crippen molar-refractivity contribution in [3.05, 3.63) is 58.7 Å². The van der Waals surface area contributed by atoms with Crippen molar-refractivity contribution in [2.24, 2.45) is 0 Å². The number of nitrogens with zero attached hydrogens (tertiary/aromatic N) is 1. The summed E-state index contributed by atoms with van der Waals surface area (Å²) in [6.07, 6.45) is 2.75. The summed E-state index contributed by atoms with van der Waals surface area (Å²) in [5, 5.41) is 0. The number of aldehydes is 2. The quantitative estimate of drug-likeness (QED) is 0.184. The largest absolute Gasteiger partial charge is 0.496 e. The summed E-state index contributed by atoms with van der Waals surface area (Å²) in [4.78, 5) is 51.3. The zero-order chi connectivity index (χ0) is 28.1. The van der Waals surface area contributed by atoms with Gasteiger partial charge in [0, 0.05) is 6.54 Å². The van der Waals surface area contributed by atoms with Crippen LogP contribution in [-0.4, -0.2) is 77.0 Å². The molecule has 38 heavy (non-hydrogen) atoms. The van der Waals surface area contributed by atoms with Gasteiger partial charge in [0.05, 0.1) is 38.6 Å². The van der Waals surface area contributed by atoms with Gasteiger partial charge in [-0.05, 0) is 82.1 Å². The summed E-state index contributed by atoms with van der Waals surface area (Å²) in [7, 11) is 4.90. The van der Waals surface area contributed by atoms with Gasteiger partial charge >= 0.3 is 11.9 Å². The fourth-order valence-corrected chi connectivity index (χ4v) is 4.30. The van der Waals surface area contributed by atoms with Crippen LogP contribution in [-0.2, 0) is 30.9 Å². The Balaban J connectivity index is 2.25. The number of ether oxygens (including phenoxy) is 4. The summed E-state index contributed by atoms with van der Waals surface area (Å²) in [6, 6.07) is 10.1. The number of carbonyl (C=O) groups excluding carboxylic acids is 4. The lowest BCUT2D eigenvalue weighted by Gasteiger charge is -2.31. The zero-order valence-corrected chi connectivity index (χ0v) is 22.8. The van der Waals surface area contributed by atoms with E-state index in [9.17, 15) is 19.2 Å². The van der Waals surface area contributed by atoms with E-state index >= 15 is 0 Å². The minimum absolute atomic E-state index is 0.0931. The topological polar surface area (TPSA) is 108 Å². The number of hydrogen-bond acceptors (Lipinski definition) is 9. The van der Waals surface area contributed by atoms with Crippen molar-refractivity contribution in [2.45, 2.75) is 38.5 Å². The molecule has 2 rings (SSSR count). The van der Waals surface area contributed by atoms with Gasteiger partial charge in [0.2, 0.25) is 0 Å². The molecular weight excluding hydrogens is 490 g/mol. The second-order valence-corrected chi connectivity index (χ2v) is 8.77. The van der Waals surface area contributed by atoms with Crippen molar-refractivity contribution in [1.82, 2.24) is 4.90 Å². The zero-order valence-electron chi connectivity index (χ0n) is 22.8. The Morgan fingerprint density at radius 3 is 1.92 bits per heavy atom. The monoisotopic (exact) mass is 527 g/mol. The molecule has 2 aromatic carbocycles. The Morgan fingerprint density at radius 1 is 0.842 bits per heavy atom. The molecule has 0 radical (unpaired) electrons. The predicted octanol–water partition coefficient (Wildman–Crippen LogP) is 3.65. The predicted molar refractivity (Wildman–Crippen MR) is 142 cm³/mol. The van der Waals surface area contributed by atoms with Gasteiger partial charge in [0.25, 0.3) is 0 Å². The van der Waals surface area contributed by atoms with Crippen LogP contribution in [0.25, 0.3) is 0 Å². The maximum absolute atomic E-state index is 13.4. The Bertz CT molecular complexity index is 1100. The van der Waals surface area contributed by atoms with Crippen LogP contribution in [0.15, 0.2) is 36.4 Å². The SMILES string of the molecule is CCOC(=O)C(CCCN(C)CCc1ccc(C=O)c(OC)c1)(C(=O)OCC)c1ccc(C=O)c(OC)c1. The third kappa shape index (κ3) is 7.19. The number of esters is 2. The van der Waals surface area contributed by atoms with Gasteiger partial charge < -0.3 is 23.8 Å². The van der Waals surface area contributed by atoms with Crippen molar-refractivity contribution in [3.8, 4) is 11.5 Å². The molecule has 2 aromatic rings. The smallest absolute Gasteiger partial charge is 0.328 e. The molecule has 0 N–H and O–H groups in total. The van der Waals surface area contributed by atoms with E-state index in [4.69, 9.17) is 18.9 Å². The summed E-state index contributed by atoms with van der Waals surface area (Å²) >= 11 is 0. The van der Waals surface area contributed by atoms with E-state index in [1.165, 1.54) is 26.4 Å². The fourth-order valence-electron chi connectivity index (χ4n) is 4.30. The van der Waals surface area contributed by atoms with Crippen LogP contribution >= 0.6 is 0 Å². The molecule has 0 aliphatic carbocycles. The lowest BCUT2D eigenvalue weighted by Crippen LogP contribution is -2.47. The van der Waals surface area contributed by atoms with Gasteiger partial charge in [-0.2, -0.15) is 0 Å². The van der Waals surface area contributed by atoms with Crippen LogP contribution < -0.4 is 9.47 Å². The molecule has 0 saturated carbocycles. The van der Waals surface area contributed by atoms with Crippen LogP contribution in [0, 0.1) is 0 Å². The van der Waals surface area contributed by atoms with Crippen molar-refractivity contribution in [1.29, 1.82) is 0 Å². The first-order valence-electron chi connectivity index (χ1n) is 12.6. The Labute approximate surface area is 224 Å². The van der Waals surface area contributed by atoms with Gasteiger partial charge in [-0.25, -0.2) is 0 Å². The number of carbonyl (C=O) groups is 4. The minimum Gasteiger partial charge on any atom is -0.496 e. The summed E-state index contributed by atoms with van der Waals surface area (Å²) in [5.41, 5.74) is 0.461. The maximum atomic E-state index is 13.4. The standard InChI is InChI=1S/C29H37NO8/c1-6-37-27(33)29(28(34)38-7-2,24-12-11-23(20-32)26(18-24)36-5)14-8-15-30(3)16-13-21-9-10-22(19-31)25(17-21)35-4/h9-12,17-20H,6-8,13-16H2,1-5H3. The molecule has 0 aromatic heterocycles. The van der Waals surface area contributed by atoms with Gasteiger partial charge in [0.15, 0.2) is 18.0 Å². The Morgan fingerprint density at radius 2 is 1.39 bits per heavy atom. The molecule has 0 fully saturated rings. The number of hydrogen-bond donors (Lipinski definition) is 0. The minimum atomic E-state index is -1.71. The number of benzene rings is 2. The normalized spacial score (nSPS) is 11.1. The van der Waals surface area contributed by atoms with E-state index < -0.39 is 17.4 Å². The number of likely N-dealkylation sites (N-methyl/N-ethyl adjacent to an activating group) is 1. The molecule has 0 spiro atoms. The van der Waals surface area contributed by atoms with Gasteiger partial charge in [-0.15, -0.1) is 0 Å². The molecule has 206 valence electrons. The van der Waals surface area contributed by atoms with E-state index in [1.807, 2.05) is 19.2 Å². The van der Waals surface area contributed by atoms with E-state index in [0.29, 0.717) is 48.2 Å². The highest BCUT2D eigenvalue weighted by Gasteiger charge is 2.50. The molecular formula is C29H37NO8. The summed E-state index contributed by atoms with van der Waals surface area (Å²) < 4.78 is 21.3. The maximum Gasteiger partial charge on any atom is 0.328 e. The molecule has 0 heterocycles. The lowest BCUT2D eigenvalue weighted by molar-refractivity contribution is -0.165. The van der Waals surface area contributed by atoms with Gasteiger partial charge in [-0.1, -0.05) is 12.1 Å². The Kier molecular flexibility index (Phi) is 11.9. The van der Waals surface area contributed by atoms with Crippen LogP contribution in [0.5, 0.6) is 11.5 Å². The first-order chi connectivity index (χ1) is 18.3. The van der Waals surface area contributed by atoms with Gasteiger partial charge in [-0.3, -0.25) is 19.2 Å². The molecule has 0 aliphatic rings. The van der Waals surface area contributed by atoms with E-state index in [-0.39, 0.29) is 25.4 Å². The molecule has 0 aliphatic heterocycles. The molecule has 9 nitrogen and oxygen atoms in total. The fraction of sp³-hybridized carbons (Fsp3) is 0.448. The van der Waals surface area contributed by atoms with Gasteiger partial charge in [0.1, 0.15) is 11.5 Å². The summed E-state index contributed by atoms with van der Waals surface area (Å²) in [6.45, 7) is 4.83. The highest BCUT2D eigenvalue weighted by Crippen LogP contribution is 2.36. The van der Waals surface area contributed by atoms with E-state index in [1.54, 1.807) is 26.0 Å². The number of rotatable bonds is 16. The van der Waals surface area contributed by atoms with E-state index in [2.05, 4.69) is 4.90 Å². The van der Waals surface area contributed by atoms with Crippen molar-refractivity contribution >= 4 is 24.5 Å². The number of methoxy groups -OCH3 is 2. The Hall–Kier alpha value is -3.72. The average molecular weight is 528 g/mol. The third-order valence-corrected chi connectivity index (χ3v) is 6.40. The third-order valence-electron chi connectivity index (χ3n) is 6.40. The molecule has 0 atom stereocenters.